The molecule has 1 N–H and O–H groups in total. The van der Waals surface area contributed by atoms with Crippen LogP contribution in [0.2, 0.25) is 0 Å². The molecule has 0 bridgehead atoms. The lowest BCUT2D eigenvalue weighted by molar-refractivity contribution is -0.137. The van der Waals surface area contributed by atoms with Crippen LogP contribution in [0.1, 0.15) is 18.4 Å². The molecule has 1 aromatic heterocycles. The van der Waals surface area contributed by atoms with Gasteiger partial charge in [-0.2, -0.15) is 13.2 Å². The smallest absolute Gasteiger partial charge is 0.416 e. The first kappa shape index (κ1) is 23.1. The SMILES string of the molecule is O=C(O)C=CCCCOc1ccc2nc(-c3cccc(C(F)(F)F)c3)n(-c3ccccc3)c2c1. The van der Waals surface area contributed by atoms with Gasteiger partial charge in [0.1, 0.15) is 11.6 Å². The largest absolute Gasteiger partial charge is 0.494 e. The lowest BCUT2D eigenvalue weighted by Crippen LogP contribution is -2.05. The molecule has 0 unspecified atom stereocenters. The molecule has 0 amide bonds. The van der Waals surface area contributed by atoms with Gasteiger partial charge in [-0.3, -0.25) is 4.57 Å². The second kappa shape index (κ2) is 9.82. The first-order valence-electron chi connectivity index (χ1n) is 10.6. The molecule has 0 fully saturated rings. The molecular formula is C26H21F3N2O3. The van der Waals surface area contributed by atoms with E-state index in [-0.39, 0.29) is 0 Å². The predicted molar refractivity (Wildman–Crippen MR) is 123 cm³/mol. The zero-order valence-electron chi connectivity index (χ0n) is 18.0. The maximum absolute atomic E-state index is 13.3. The Bertz CT molecular complexity index is 1330. The van der Waals surface area contributed by atoms with E-state index in [4.69, 9.17) is 9.84 Å². The van der Waals surface area contributed by atoms with Crippen LogP contribution in [0, 0.1) is 0 Å². The predicted octanol–water partition coefficient (Wildman–Crippen LogP) is 6.51. The van der Waals surface area contributed by atoms with E-state index >= 15 is 0 Å². The molecule has 0 radical (unpaired) electrons. The summed E-state index contributed by atoms with van der Waals surface area (Å²) in [6.45, 7) is 0.384. The summed E-state index contributed by atoms with van der Waals surface area (Å²) >= 11 is 0. The zero-order chi connectivity index (χ0) is 24.1. The van der Waals surface area contributed by atoms with E-state index < -0.39 is 17.7 Å². The van der Waals surface area contributed by atoms with Crippen LogP contribution in [0.5, 0.6) is 5.75 Å². The van der Waals surface area contributed by atoms with Gasteiger partial charge in [-0.25, -0.2) is 9.78 Å². The van der Waals surface area contributed by atoms with E-state index in [1.807, 2.05) is 34.9 Å². The number of fused-ring (bicyclic) bond motifs is 1. The molecule has 8 heteroatoms. The molecule has 0 saturated carbocycles. The van der Waals surface area contributed by atoms with Gasteiger partial charge < -0.3 is 9.84 Å². The van der Waals surface area contributed by atoms with Crippen LogP contribution in [0.15, 0.2) is 84.9 Å². The van der Waals surface area contributed by atoms with Crippen molar-refractivity contribution in [2.75, 3.05) is 6.61 Å². The number of allylic oxidation sites excluding steroid dienone is 1. The molecular weight excluding hydrogens is 445 g/mol. The second-order valence-corrected chi connectivity index (χ2v) is 7.57. The molecule has 4 rings (SSSR count). The lowest BCUT2D eigenvalue weighted by atomic mass is 10.1. The Kier molecular flexibility index (Phi) is 6.67. The number of hydrogen-bond donors (Lipinski definition) is 1. The van der Waals surface area contributed by atoms with E-state index in [2.05, 4.69) is 4.98 Å². The van der Waals surface area contributed by atoms with Crippen LogP contribution >= 0.6 is 0 Å². The minimum absolute atomic E-state index is 0.350. The number of unbranched alkanes of at least 4 members (excludes halogenated alkanes) is 1. The first-order valence-corrected chi connectivity index (χ1v) is 10.6. The van der Waals surface area contributed by atoms with Crippen molar-refractivity contribution in [3.05, 3.63) is 90.5 Å². The molecule has 0 aliphatic carbocycles. The molecule has 0 aliphatic rings. The number of halogens is 3. The van der Waals surface area contributed by atoms with Crippen molar-refractivity contribution in [3.63, 3.8) is 0 Å². The highest BCUT2D eigenvalue weighted by Gasteiger charge is 2.31. The molecule has 0 spiro atoms. The summed E-state index contributed by atoms with van der Waals surface area (Å²) in [5.74, 6) is -0.0113. The summed E-state index contributed by atoms with van der Waals surface area (Å²) in [5, 5.41) is 8.63. The first-order chi connectivity index (χ1) is 16.3. The zero-order valence-corrected chi connectivity index (χ0v) is 18.0. The van der Waals surface area contributed by atoms with Crippen LogP contribution in [-0.2, 0) is 11.0 Å². The average molecular weight is 466 g/mol. The van der Waals surface area contributed by atoms with Gasteiger partial charge in [-0.15, -0.1) is 0 Å². The van der Waals surface area contributed by atoms with Gasteiger partial charge in [0.25, 0.3) is 0 Å². The highest BCUT2D eigenvalue weighted by molar-refractivity contribution is 5.84. The number of ether oxygens (including phenoxy) is 1. The van der Waals surface area contributed by atoms with Gasteiger partial charge in [-0.1, -0.05) is 36.4 Å². The number of aromatic nitrogens is 2. The quantitative estimate of drug-likeness (QED) is 0.237. The fourth-order valence-electron chi connectivity index (χ4n) is 3.59. The Morgan fingerprint density at radius 2 is 1.82 bits per heavy atom. The molecule has 0 aliphatic heterocycles. The highest BCUT2D eigenvalue weighted by atomic mass is 19.4. The summed E-state index contributed by atoms with van der Waals surface area (Å²) in [6, 6.07) is 19.7. The topological polar surface area (TPSA) is 64.3 Å². The Morgan fingerprint density at radius 1 is 1.03 bits per heavy atom. The van der Waals surface area contributed by atoms with Crippen molar-refractivity contribution in [3.8, 4) is 22.8 Å². The summed E-state index contributed by atoms with van der Waals surface area (Å²) in [4.78, 5) is 15.2. The Labute approximate surface area is 193 Å². The lowest BCUT2D eigenvalue weighted by Gasteiger charge is -2.12. The molecule has 3 aromatic carbocycles. The van der Waals surface area contributed by atoms with Gasteiger partial charge in [0.05, 0.1) is 23.2 Å². The van der Waals surface area contributed by atoms with Crippen LogP contribution < -0.4 is 4.74 Å². The standard InChI is InChI=1S/C26H21F3N2O3/c27-26(28,29)19-9-7-8-18(16-19)25-30-22-14-13-21(34-15-6-2-5-12-24(32)33)17-23(22)31(25)20-10-3-1-4-11-20/h1,3-5,7-14,16-17H,2,6,15H2,(H,32,33). The monoisotopic (exact) mass is 466 g/mol. The number of rotatable bonds is 8. The van der Waals surface area contributed by atoms with Gasteiger partial charge in [-0.05, 0) is 49.2 Å². The van der Waals surface area contributed by atoms with Crippen LogP contribution in [0.25, 0.3) is 28.1 Å². The van der Waals surface area contributed by atoms with E-state index in [0.717, 1.165) is 23.9 Å². The summed E-state index contributed by atoms with van der Waals surface area (Å²) in [7, 11) is 0. The summed E-state index contributed by atoms with van der Waals surface area (Å²) in [5.41, 5.74) is 1.68. The molecule has 5 nitrogen and oxygen atoms in total. The number of imidazole rings is 1. The number of nitrogens with zero attached hydrogens (tertiary/aromatic N) is 2. The summed E-state index contributed by atoms with van der Waals surface area (Å²) < 4.78 is 47.6. The second-order valence-electron chi connectivity index (χ2n) is 7.57. The van der Waals surface area contributed by atoms with Crippen LogP contribution in [0.3, 0.4) is 0 Å². The van der Waals surface area contributed by atoms with E-state index in [9.17, 15) is 18.0 Å². The maximum atomic E-state index is 13.3. The third-order valence-corrected chi connectivity index (χ3v) is 5.13. The number of alkyl halides is 3. The van der Waals surface area contributed by atoms with Gasteiger partial charge in [0.2, 0.25) is 0 Å². The number of carboxylic acid groups (broad SMARTS) is 1. The fraction of sp³-hybridized carbons (Fsp3) is 0.154. The fourth-order valence-corrected chi connectivity index (χ4v) is 3.59. The maximum Gasteiger partial charge on any atom is 0.416 e. The third-order valence-electron chi connectivity index (χ3n) is 5.13. The van der Waals surface area contributed by atoms with Crippen molar-refractivity contribution >= 4 is 17.0 Å². The molecule has 34 heavy (non-hydrogen) atoms. The number of benzene rings is 3. The van der Waals surface area contributed by atoms with Crippen LogP contribution in [-0.4, -0.2) is 27.2 Å². The summed E-state index contributed by atoms with van der Waals surface area (Å²) in [6.07, 6.45) is -0.591. The number of hydrogen-bond acceptors (Lipinski definition) is 3. The molecule has 0 atom stereocenters. The number of para-hydroxylation sites is 1. The Morgan fingerprint density at radius 3 is 2.56 bits per heavy atom. The van der Waals surface area contributed by atoms with E-state index in [1.165, 1.54) is 6.07 Å². The van der Waals surface area contributed by atoms with E-state index in [1.54, 1.807) is 30.3 Å². The molecule has 174 valence electrons. The van der Waals surface area contributed by atoms with Crippen molar-refractivity contribution in [2.45, 2.75) is 19.0 Å². The van der Waals surface area contributed by atoms with E-state index in [0.29, 0.717) is 47.6 Å². The van der Waals surface area contributed by atoms with Crippen molar-refractivity contribution in [1.29, 1.82) is 0 Å². The van der Waals surface area contributed by atoms with Crippen LogP contribution in [0.4, 0.5) is 13.2 Å². The molecule has 4 aromatic rings. The minimum Gasteiger partial charge on any atom is -0.494 e. The average Bonchev–Trinajstić information content (AvgIpc) is 3.20. The van der Waals surface area contributed by atoms with Crippen molar-refractivity contribution in [2.24, 2.45) is 0 Å². The van der Waals surface area contributed by atoms with Gasteiger partial charge in [0, 0.05) is 23.4 Å². The van der Waals surface area contributed by atoms with Gasteiger partial charge >= 0.3 is 12.1 Å². The van der Waals surface area contributed by atoms with Gasteiger partial charge in [0.15, 0.2) is 0 Å². The minimum atomic E-state index is -4.46. The molecule has 0 saturated heterocycles. The number of aliphatic carboxylic acids is 1. The normalized spacial score (nSPS) is 11.9. The van der Waals surface area contributed by atoms with Crippen molar-refractivity contribution in [1.82, 2.24) is 9.55 Å². The Balaban J connectivity index is 1.71. The number of carbonyl (C=O) groups is 1. The van der Waals surface area contributed by atoms with Crippen molar-refractivity contribution < 1.29 is 27.8 Å². The third kappa shape index (κ3) is 5.28. The highest BCUT2D eigenvalue weighted by Crippen LogP contribution is 2.35. The molecule has 1 heterocycles. The number of carboxylic acids is 1. The Hall–Kier alpha value is -4.07.